The number of nitrogens with zero attached hydrogens (tertiary/aromatic N) is 1. The number of hydrogen-bond acceptors (Lipinski definition) is 4. The summed E-state index contributed by atoms with van der Waals surface area (Å²) in [6.07, 6.45) is 6.13. The number of carbonyl (C=O) groups excluding carboxylic acids is 2. The number of ether oxygens (including phenoxy) is 1. The zero-order valence-electron chi connectivity index (χ0n) is 17.6. The average Bonchev–Trinajstić information content (AvgIpc) is 3.33. The number of rotatable bonds is 9. The van der Waals surface area contributed by atoms with E-state index in [1.54, 1.807) is 24.3 Å². The number of thiophene rings is 1. The Labute approximate surface area is 197 Å². The van der Waals surface area contributed by atoms with Gasteiger partial charge in [0.15, 0.2) is 6.04 Å². The molecule has 0 bridgehead atoms. The van der Waals surface area contributed by atoms with Crippen LogP contribution in [-0.4, -0.2) is 25.0 Å². The average molecular weight is 467 g/mol. The van der Waals surface area contributed by atoms with E-state index in [0.717, 1.165) is 5.56 Å². The van der Waals surface area contributed by atoms with Crippen LogP contribution in [0, 0.1) is 12.3 Å². The molecular weight excluding hydrogens is 444 g/mol. The molecule has 1 aromatic heterocycles. The van der Waals surface area contributed by atoms with Crippen LogP contribution in [0.1, 0.15) is 23.4 Å². The molecule has 0 aliphatic rings. The van der Waals surface area contributed by atoms with Crippen LogP contribution in [0.4, 0.5) is 5.69 Å². The van der Waals surface area contributed by atoms with Crippen molar-refractivity contribution in [2.75, 3.05) is 18.1 Å². The van der Waals surface area contributed by atoms with E-state index in [2.05, 4.69) is 11.2 Å². The Kier molecular flexibility index (Phi) is 8.32. The summed E-state index contributed by atoms with van der Waals surface area (Å²) in [6.45, 7) is 2.73. The van der Waals surface area contributed by atoms with Gasteiger partial charge >= 0.3 is 5.91 Å². The predicted molar refractivity (Wildman–Crippen MR) is 129 cm³/mol. The number of anilines is 1. The Morgan fingerprint density at radius 2 is 1.97 bits per heavy atom. The maximum absolute atomic E-state index is 13.3. The summed E-state index contributed by atoms with van der Waals surface area (Å²) in [6, 6.07) is 17.5. The molecule has 3 rings (SSSR count). The van der Waals surface area contributed by atoms with E-state index in [-0.39, 0.29) is 5.91 Å². The number of carbonyl (C=O) groups is 2. The van der Waals surface area contributed by atoms with Crippen molar-refractivity contribution in [1.29, 1.82) is 0 Å². The molecule has 5 nitrogen and oxygen atoms in total. The Bertz CT molecular complexity index is 1090. The van der Waals surface area contributed by atoms with Gasteiger partial charge in [-0.15, -0.1) is 17.8 Å². The second kappa shape index (κ2) is 11.4. The molecule has 2 aromatic carbocycles. The van der Waals surface area contributed by atoms with Gasteiger partial charge in [-0.25, -0.2) is 0 Å². The normalized spacial score (nSPS) is 11.3. The van der Waals surface area contributed by atoms with E-state index < -0.39 is 11.9 Å². The number of amides is 2. The summed E-state index contributed by atoms with van der Waals surface area (Å²) in [5.74, 6) is 1.67. The highest BCUT2D eigenvalue weighted by Crippen LogP contribution is 2.35. The Hall–Kier alpha value is -3.27. The first kappa shape index (κ1) is 23.4. The number of terminal acetylenes is 1. The Morgan fingerprint density at radius 3 is 2.59 bits per heavy atom. The molecule has 32 heavy (non-hydrogen) atoms. The molecule has 2 amide bonds. The minimum atomic E-state index is -0.927. The van der Waals surface area contributed by atoms with Gasteiger partial charge in [-0.05, 0) is 54.5 Å². The van der Waals surface area contributed by atoms with Crippen molar-refractivity contribution in [3.05, 3.63) is 81.5 Å². The molecule has 164 valence electrons. The number of benzene rings is 2. The summed E-state index contributed by atoms with van der Waals surface area (Å²) >= 11 is 7.72. The summed E-state index contributed by atoms with van der Waals surface area (Å²) in [5.41, 5.74) is 1.52. The zero-order chi connectivity index (χ0) is 22.9. The Balaban J connectivity index is 1.90. The van der Waals surface area contributed by atoms with E-state index in [0.29, 0.717) is 40.9 Å². The molecule has 0 fully saturated rings. The van der Waals surface area contributed by atoms with Crippen LogP contribution in [0.15, 0.2) is 66.0 Å². The van der Waals surface area contributed by atoms with Crippen molar-refractivity contribution in [2.45, 2.75) is 19.4 Å². The number of nitrogens with one attached hydrogen (secondary N) is 1. The van der Waals surface area contributed by atoms with Crippen molar-refractivity contribution in [1.82, 2.24) is 5.32 Å². The van der Waals surface area contributed by atoms with E-state index in [1.165, 1.54) is 16.2 Å². The van der Waals surface area contributed by atoms with Crippen LogP contribution in [0.3, 0.4) is 0 Å². The lowest BCUT2D eigenvalue weighted by Gasteiger charge is -2.29. The predicted octanol–water partition coefficient (Wildman–Crippen LogP) is 4.87. The lowest BCUT2D eigenvalue weighted by Crippen LogP contribution is -2.43. The van der Waals surface area contributed by atoms with Crippen molar-refractivity contribution >= 4 is 40.4 Å². The lowest BCUT2D eigenvalue weighted by atomic mass is 10.1. The number of halogens is 1. The maximum Gasteiger partial charge on any atom is 0.303 e. The minimum Gasteiger partial charge on any atom is -0.492 e. The second-order valence-corrected chi connectivity index (χ2v) is 8.20. The first-order valence-corrected chi connectivity index (χ1v) is 11.4. The summed E-state index contributed by atoms with van der Waals surface area (Å²) in [5, 5.41) is 5.12. The quantitative estimate of drug-likeness (QED) is 0.458. The highest BCUT2D eigenvalue weighted by molar-refractivity contribution is 7.10. The third-order valence-corrected chi connectivity index (χ3v) is 5.93. The molecular formula is C25H23ClN2O3S. The van der Waals surface area contributed by atoms with Crippen LogP contribution >= 0.6 is 22.9 Å². The van der Waals surface area contributed by atoms with Crippen LogP contribution in [0.25, 0.3) is 0 Å². The van der Waals surface area contributed by atoms with E-state index in [4.69, 9.17) is 22.8 Å². The molecule has 0 radical (unpaired) electrons. The van der Waals surface area contributed by atoms with Gasteiger partial charge in [0.2, 0.25) is 5.91 Å². The van der Waals surface area contributed by atoms with Gasteiger partial charge in [-0.1, -0.05) is 48.0 Å². The number of hydrogen-bond donors (Lipinski definition) is 1. The van der Waals surface area contributed by atoms with Gasteiger partial charge in [-0.2, -0.15) is 0 Å². The van der Waals surface area contributed by atoms with Gasteiger partial charge in [0.1, 0.15) is 5.75 Å². The van der Waals surface area contributed by atoms with Gasteiger partial charge in [0, 0.05) is 17.1 Å². The van der Waals surface area contributed by atoms with Crippen molar-refractivity contribution < 1.29 is 14.3 Å². The van der Waals surface area contributed by atoms with Gasteiger partial charge in [0.25, 0.3) is 0 Å². The molecule has 0 aliphatic carbocycles. The van der Waals surface area contributed by atoms with Gasteiger partial charge < -0.3 is 10.1 Å². The summed E-state index contributed by atoms with van der Waals surface area (Å²) in [4.78, 5) is 28.1. The van der Waals surface area contributed by atoms with Crippen molar-refractivity contribution in [3.8, 4) is 18.1 Å². The molecule has 1 N–H and O–H groups in total. The molecule has 7 heteroatoms. The third kappa shape index (κ3) is 5.70. The molecule has 0 saturated heterocycles. The van der Waals surface area contributed by atoms with E-state index in [9.17, 15) is 9.59 Å². The summed E-state index contributed by atoms with van der Waals surface area (Å²) in [7, 11) is 0. The fraction of sp³-hybridized carbons (Fsp3) is 0.200. The summed E-state index contributed by atoms with van der Waals surface area (Å²) < 4.78 is 5.48. The monoisotopic (exact) mass is 466 g/mol. The zero-order valence-corrected chi connectivity index (χ0v) is 19.2. The van der Waals surface area contributed by atoms with Crippen LogP contribution < -0.4 is 15.0 Å². The topological polar surface area (TPSA) is 58.6 Å². The molecule has 1 unspecified atom stereocenters. The highest BCUT2D eigenvalue weighted by atomic mass is 35.5. The van der Waals surface area contributed by atoms with Crippen molar-refractivity contribution in [2.24, 2.45) is 0 Å². The maximum atomic E-state index is 13.3. The molecule has 0 spiro atoms. The van der Waals surface area contributed by atoms with Gasteiger partial charge in [-0.3, -0.25) is 14.5 Å². The molecule has 1 atom stereocenters. The van der Waals surface area contributed by atoms with Crippen LogP contribution in [0.2, 0.25) is 5.02 Å². The first-order valence-electron chi connectivity index (χ1n) is 10.1. The fourth-order valence-corrected chi connectivity index (χ4v) is 4.30. The smallest absolute Gasteiger partial charge is 0.303 e. The van der Waals surface area contributed by atoms with Crippen LogP contribution in [0.5, 0.6) is 5.75 Å². The molecule has 1 heterocycles. The second-order valence-electron chi connectivity index (χ2n) is 6.81. The SMILES string of the molecule is C#CC(=O)N(c1ccc(OCC)c(Cl)c1)C(C(=O)NCCc1ccccc1)c1cccs1. The lowest BCUT2D eigenvalue weighted by molar-refractivity contribution is -0.125. The van der Waals surface area contributed by atoms with Crippen molar-refractivity contribution in [3.63, 3.8) is 0 Å². The third-order valence-electron chi connectivity index (χ3n) is 4.71. The largest absolute Gasteiger partial charge is 0.492 e. The Morgan fingerprint density at radius 1 is 1.19 bits per heavy atom. The van der Waals surface area contributed by atoms with Crippen LogP contribution in [-0.2, 0) is 16.0 Å². The standard InChI is InChI=1S/C25H23ClN2O3S/c1-3-23(29)28(19-12-13-21(31-4-2)20(26)17-19)24(22-11-8-16-32-22)25(30)27-15-14-18-9-6-5-7-10-18/h1,5-13,16-17,24H,4,14-15H2,2H3,(H,27,30). The van der Waals surface area contributed by atoms with E-state index >= 15 is 0 Å². The fourth-order valence-electron chi connectivity index (χ4n) is 3.26. The van der Waals surface area contributed by atoms with E-state index in [1.807, 2.05) is 48.7 Å². The first-order chi connectivity index (χ1) is 15.5. The molecule has 0 saturated carbocycles. The molecule has 3 aromatic rings. The minimum absolute atomic E-state index is 0.322. The van der Waals surface area contributed by atoms with Gasteiger partial charge in [0.05, 0.1) is 11.6 Å². The highest BCUT2D eigenvalue weighted by Gasteiger charge is 2.33. The molecule has 0 aliphatic heterocycles.